The molecule has 0 fully saturated rings. The lowest BCUT2D eigenvalue weighted by molar-refractivity contribution is -0.118. The van der Waals surface area contributed by atoms with Crippen molar-refractivity contribution in [2.75, 3.05) is 0 Å². The zero-order valence-corrected chi connectivity index (χ0v) is 15.6. The minimum absolute atomic E-state index is 0.220. The van der Waals surface area contributed by atoms with Crippen LogP contribution in [0.4, 0.5) is 0 Å². The lowest BCUT2D eigenvalue weighted by Crippen LogP contribution is -2.00. The lowest BCUT2D eigenvalue weighted by atomic mass is 10.0. The van der Waals surface area contributed by atoms with Gasteiger partial charge in [0, 0.05) is 47.9 Å². The van der Waals surface area contributed by atoms with Crippen molar-refractivity contribution in [3.63, 3.8) is 0 Å². The van der Waals surface area contributed by atoms with Gasteiger partial charge >= 0.3 is 0 Å². The molecule has 4 rings (SSSR count). The van der Waals surface area contributed by atoms with E-state index in [0.29, 0.717) is 12.8 Å². The molecule has 0 N–H and O–H groups in total. The number of aromatic nitrogens is 5. The number of thiazole rings is 1. The van der Waals surface area contributed by atoms with E-state index < -0.39 is 0 Å². The zero-order chi connectivity index (χ0) is 18.6. The van der Waals surface area contributed by atoms with E-state index in [9.17, 15) is 4.79 Å². The normalized spacial score (nSPS) is 11.0. The fourth-order valence-corrected chi connectivity index (χ4v) is 4.07. The highest BCUT2D eigenvalue weighted by molar-refractivity contribution is 7.19. The van der Waals surface area contributed by atoms with Crippen LogP contribution >= 0.6 is 11.3 Å². The average molecular weight is 375 g/mol. The molecule has 0 aliphatic rings. The highest BCUT2D eigenvalue weighted by Crippen LogP contribution is 2.36. The largest absolute Gasteiger partial charge is 0.299 e. The van der Waals surface area contributed by atoms with Crippen molar-refractivity contribution in [2.45, 2.75) is 26.2 Å². The standard InChI is InChI=1S/C20H17N5OS/c1-2-3-16(26)6-19-25-18-5-13(14-7-21-11-22-8-14)4-17(20(18)27-19)15-9-23-12-24-10-15/h4-5,7-12H,2-3,6H2,1H3. The monoisotopic (exact) mass is 375 g/mol. The Balaban J connectivity index is 1.86. The van der Waals surface area contributed by atoms with Crippen molar-refractivity contribution in [3.05, 3.63) is 54.6 Å². The van der Waals surface area contributed by atoms with Crippen LogP contribution in [0.5, 0.6) is 0 Å². The first-order valence-electron chi connectivity index (χ1n) is 8.70. The Morgan fingerprint density at radius 2 is 1.59 bits per heavy atom. The summed E-state index contributed by atoms with van der Waals surface area (Å²) >= 11 is 1.56. The number of benzene rings is 1. The second kappa shape index (κ2) is 7.67. The van der Waals surface area contributed by atoms with E-state index in [1.807, 2.05) is 13.0 Å². The molecule has 4 aromatic rings. The van der Waals surface area contributed by atoms with Crippen LogP contribution in [-0.2, 0) is 11.2 Å². The van der Waals surface area contributed by atoms with E-state index in [-0.39, 0.29) is 5.78 Å². The number of hydrogen-bond acceptors (Lipinski definition) is 7. The van der Waals surface area contributed by atoms with Gasteiger partial charge in [-0.05, 0) is 24.1 Å². The molecule has 6 nitrogen and oxygen atoms in total. The molecule has 1 aromatic carbocycles. The number of rotatable bonds is 6. The maximum absolute atomic E-state index is 12.1. The molecule has 0 saturated heterocycles. The number of fused-ring (bicyclic) bond motifs is 1. The van der Waals surface area contributed by atoms with E-state index >= 15 is 0 Å². The molecule has 0 spiro atoms. The van der Waals surface area contributed by atoms with Crippen LogP contribution in [0.25, 0.3) is 32.5 Å². The molecule has 3 aromatic heterocycles. The van der Waals surface area contributed by atoms with Crippen LogP contribution in [0.1, 0.15) is 24.8 Å². The van der Waals surface area contributed by atoms with Crippen molar-refractivity contribution < 1.29 is 4.79 Å². The second-order valence-corrected chi connectivity index (χ2v) is 7.28. The smallest absolute Gasteiger partial charge is 0.139 e. The Hall–Kier alpha value is -3.06. The van der Waals surface area contributed by atoms with E-state index in [0.717, 1.165) is 43.9 Å². The number of nitrogens with zero attached hydrogens (tertiary/aromatic N) is 5. The van der Waals surface area contributed by atoms with Crippen LogP contribution in [0, 0.1) is 0 Å². The van der Waals surface area contributed by atoms with Crippen LogP contribution in [0.15, 0.2) is 49.6 Å². The van der Waals surface area contributed by atoms with Crippen molar-refractivity contribution >= 4 is 27.3 Å². The molecule has 0 bridgehead atoms. The Morgan fingerprint density at radius 1 is 0.926 bits per heavy atom. The maximum atomic E-state index is 12.1. The number of Topliss-reactive ketones (excluding diaryl/α,β-unsaturated/α-hetero) is 1. The summed E-state index contributed by atoms with van der Waals surface area (Å²) in [4.78, 5) is 33.3. The summed E-state index contributed by atoms with van der Waals surface area (Å²) in [5.74, 6) is 0.220. The molecule has 134 valence electrons. The van der Waals surface area contributed by atoms with Crippen LogP contribution < -0.4 is 0 Å². The van der Waals surface area contributed by atoms with Crippen molar-refractivity contribution in [2.24, 2.45) is 0 Å². The van der Waals surface area contributed by atoms with Gasteiger partial charge in [-0.2, -0.15) is 0 Å². The molecular weight excluding hydrogens is 358 g/mol. The highest BCUT2D eigenvalue weighted by Gasteiger charge is 2.15. The van der Waals surface area contributed by atoms with Gasteiger partial charge in [0.2, 0.25) is 0 Å². The van der Waals surface area contributed by atoms with Crippen molar-refractivity contribution in [1.29, 1.82) is 0 Å². The van der Waals surface area contributed by atoms with E-state index in [4.69, 9.17) is 4.98 Å². The first-order valence-corrected chi connectivity index (χ1v) is 9.52. The van der Waals surface area contributed by atoms with E-state index in [1.54, 1.807) is 36.1 Å². The Labute approximate surface area is 160 Å². The summed E-state index contributed by atoms with van der Waals surface area (Å²) in [7, 11) is 0. The molecule has 0 aliphatic carbocycles. The summed E-state index contributed by atoms with van der Waals surface area (Å²) in [5, 5.41) is 0.836. The lowest BCUT2D eigenvalue weighted by Gasteiger charge is -2.06. The highest BCUT2D eigenvalue weighted by atomic mass is 32.1. The zero-order valence-electron chi connectivity index (χ0n) is 14.8. The van der Waals surface area contributed by atoms with Crippen molar-refractivity contribution in [3.8, 4) is 22.3 Å². The summed E-state index contributed by atoms with van der Waals surface area (Å²) in [6, 6.07) is 4.10. The second-order valence-electron chi connectivity index (χ2n) is 6.20. The van der Waals surface area contributed by atoms with Gasteiger partial charge in [0.1, 0.15) is 23.4 Å². The summed E-state index contributed by atoms with van der Waals surface area (Å²) in [5.41, 5.74) is 4.65. The number of carbonyl (C=O) groups excluding carboxylic acids is 1. The van der Waals surface area contributed by atoms with E-state index in [2.05, 4.69) is 26.0 Å². The van der Waals surface area contributed by atoms with E-state index in [1.165, 1.54) is 12.7 Å². The molecule has 27 heavy (non-hydrogen) atoms. The topological polar surface area (TPSA) is 81.5 Å². The van der Waals surface area contributed by atoms with Crippen LogP contribution in [0.2, 0.25) is 0 Å². The molecular formula is C20H17N5OS. The quantitative estimate of drug-likeness (QED) is 0.504. The molecule has 0 aliphatic heterocycles. The summed E-state index contributed by atoms with van der Waals surface area (Å²) < 4.78 is 1.03. The summed E-state index contributed by atoms with van der Waals surface area (Å²) in [6.45, 7) is 2.01. The fraction of sp³-hybridized carbons (Fsp3) is 0.200. The van der Waals surface area contributed by atoms with Gasteiger partial charge in [-0.3, -0.25) is 4.79 Å². The average Bonchev–Trinajstić information content (AvgIpc) is 3.11. The van der Waals surface area contributed by atoms with Gasteiger partial charge in [-0.15, -0.1) is 11.3 Å². The number of ketones is 1. The Bertz CT molecular complexity index is 1080. The SMILES string of the molecule is CCCC(=O)Cc1nc2cc(-c3cncnc3)cc(-c3cncnc3)c2s1. The third-order valence-corrected chi connectivity index (χ3v) is 5.28. The molecule has 3 heterocycles. The molecule has 0 saturated carbocycles. The first kappa shape index (κ1) is 17.4. The Kier molecular flexibility index (Phi) is 4.93. The third kappa shape index (κ3) is 3.73. The predicted octanol–water partition coefficient (Wildman–Crippen LogP) is 4.12. The Morgan fingerprint density at radius 3 is 2.26 bits per heavy atom. The van der Waals surface area contributed by atoms with Crippen LogP contribution in [-0.4, -0.2) is 30.7 Å². The number of hydrogen-bond donors (Lipinski definition) is 0. The minimum Gasteiger partial charge on any atom is -0.299 e. The van der Waals surface area contributed by atoms with Gasteiger partial charge in [0.25, 0.3) is 0 Å². The molecule has 0 unspecified atom stereocenters. The number of carbonyl (C=O) groups is 1. The van der Waals surface area contributed by atoms with Gasteiger partial charge in [0.05, 0.1) is 16.6 Å². The van der Waals surface area contributed by atoms with Gasteiger partial charge < -0.3 is 0 Å². The van der Waals surface area contributed by atoms with Crippen molar-refractivity contribution in [1.82, 2.24) is 24.9 Å². The van der Waals surface area contributed by atoms with Gasteiger partial charge in [-0.25, -0.2) is 24.9 Å². The first-order chi connectivity index (χ1) is 13.2. The molecule has 0 atom stereocenters. The predicted molar refractivity (Wildman–Crippen MR) is 105 cm³/mol. The summed E-state index contributed by atoms with van der Waals surface area (Å²) in [6.07, 6.45) is 12.0. The van der Waals surface area contributed by atoms with Crippen LogP contribution in [0.3, 0.4) is 0 Å². The maximum Gasteiger partial charge on any atom is 0.139 e. The fourth-order valence-electron chi connectivity index (χ4n) is 2.96. The molecule has 0 amide bonds. The van der Waals surface area contributed by atoms with Gasteiger partial charge in [0.15, 0.2) is 0 Å². The van der Waals surface area contributed by atoms with Gasteiger partial charge in [-0.1, -0.05) is 6.92 Å². The third-order valence-electron chi connectivity index (χ3n) is 4.18. The minimum atomic E-state index is 0.220. The molecule has 7 heteroatoms. The molecule has 0 radical (unpaired) electrons.